The van der Waals surface area contributed by atoms with Crippen molar-refractivity contribution in [3.05, 3.63) is 24.2 Å². The highest BCUT2D eigenvalue weighted by molar-refractivity contribution is 5.13. The Bertz CT molecular complexity index is 289. The summed E-state index contributed by atoms with van der Waals surface area (Å²) in [5.74, 6) is 0.595. The fourth-order valence-electron chi connectivity index (χ4n) is 1.82. The van der Waals surface area contributed by atoms with E-state index < -0.39 is 5.60 Å². The molecule has 1 aliphatic rings. The smallest absolute Gasteiger partial charge is 0.148 e. The second-order valence-corrected chi connectivity index (χ2v) is 4.23. The van der Waals surface area contributed by atoms with Gasteiger partial charge in [0.1, 0.15) is 11.4 Å². The topological polar surface area (TPSA) is 42.6 Å². The van der Waals surface area contributed by atoms with E-state index in [0.29, 0.717) is 18.8 Å². The maximum atomic E-state index is 10.2. The third-order valence-electron chi connectivity index (χ3n) is 2.40. The Morgan fingerprint density at radius 1 is 1.46 bits per heavy atom. The number of aliphatic hydroxyl groups is 1. The van der Waals surface area contributed by atoms with Crippen LogP contribution in [0.2, 0.25) is 0 Å². The zero-order valence-electron chi connectivity index (χ0n) is 7.91. The van der Waals surface area contributed by atoms with Crippen LogP contribution in [-0.4, -0.2) is 17.3 Å². The highest BCUT2D eigenvalue weighted by atomic mass is 16.5. The first kappa shape index (κ1) is 8.78. The Morgan fingerprint density at radius 2 is 2.23 bits per heavy atom. The lowest BCUT2D eigenvalue weighted by Crippen LogP contribution is -2.27. The molecule has 72 valence electrons. The highest BCUT2D eigenvalue weighted by Crippen LogP contribution is 2.39. The largest absolute Gasteiger partial charge is 0.466 e. The molecular formula is C10H14O3. The maximum Gasteiger partial charge on any atom is 0.148 e. The van der Waals surface area contributed by atoms with Crippen molar-refractivity contribution < 1.29 is 14.3 Å². The van der Waals surface area contributed by atoms with Crippen molar-refractivity contribution in [2.24, 2.45) is 0 Å². The number of hydrogen-bond acceptors (Lipinski definition) is 3. The lowest BCUT2D eigenvalue weighted by molar-refractivity contribution is -0.00752. The molecule has 0 bridgehead atoms. The molecule has 2 rings (SSSR count). The Balaban J connectivity index is 2.25. The number of hydrogen-bond donors (Lipinski definition) is 1. The average molecular weight is 182 g/mol. The van der Waals surface area contributed by atoms with E-state index in [9.17, 15) is 5.11 Å². The van der Waals surface area contributed by atoms with E-state index in [1.807, 2.05) is 13.8 Å². The Labute approximate surface area is 77.3 Å². The van der Waals surface area contributed by atoms with Gasteiger partial charge in [0.2, 0.25) is 0 Å². The van der Waals surface area contributed by atoms with Crippen molar-refractivity contribution in [1.82, 2.24) is 0 Å². The van der Waals surface area contributed by atoms with Gasteiger partial charge in [-0.05, 0) is 26.0 Å². The molecule has 1 aromatic rings. The summed E-state index contributed by atoms with van der Waals surface area (Å²) < 4.78 is 10.7. The molecule has 2 heterocycles. The molecule has 1 aliphatic heterocycles. The second kappa shape index (κ2) is 2.59. The quantitative estimate of drug-likeness (QED) is 0.718. The molecule has 0 saturated carbocycles. The molecule has 0 radical (unpaired) electrons. The van der Waals surface area contributed by atoms with Crippen LogP contribution in [0.1, 0.15) is 26.0 Å². The third-order valence-corrected chi connectivity index (χ3v) is 2.40. The lowest BCUT2D eigenvalue weighted by atomic mass is 9.92. The number of rotatable bonds is 1. The number of ether oxygens (including phenoxy) is 1. The summed E-state index contributed by atoms with van der Waals surface area (Å²) in [6.07, 6.45) is 2.14. The summed E-state index contributed by atoms with van der Waals surface area (Å²) >= 11 is 0. The van der Waals surface area contributed by atoms with Crippen LogP contribution in [0, 0.1) is 0 Å². The van der Waals surface area contributed by atoms with Gasteiger partial charge >= 0.3 is 0 Å². The van der Waals surface area contributed by atoms with E-state index in [2.05, 4.69) is 0 Å². The van der Waals surface area contributed by atoms with E-state index >= 15 is 0 Å². The van der Waals surface area contributed by atoms with Crippen LogP contribution in [0.25, 0.3) is 0 Å². The highest BCUT2D eigenvalue weighted by Gasteiger charge is 2.46. The summed E-state index contributed by atoms with van der Waals surface area (Å²) in [4.78, 5) is 0. The molecule has 0 spiro atoms. The van der Waals surface area contributed by atoms with Crippen LogP contribution in [0.15, 0.2) is 22.8 Å². The van der Waals surface area contributed by atoms with Crippen molar-refractivity contribution in [1.29, 1.82) is 0 Å². The van der Waals surface area contributed by atoms with E-state index in [4.69, 9.17) is 9.15 Å². The van der Waals surface area contributed by atoms with Crippen molar-refractivity contribution in [3.8, 4) is 0 Å². The summed E-state index contributed by atoms with van der Waals surface area (Å²) in [5.41, 5.74) is -1.20. The van der Waals surface area contributed by atoms with E-state index in [1.54, 1.807) is 18.4 Å². The Hall–Kier alpha value is -0.800. The van der Waals surface area contributed by atoms with Gasteiger partial charge in [-0.3, -0.25) is 0 Å². The van der Waals surface area contributed by atoms with Crippen LogP contribution in [0.4, 0.5) is 0 Å². The second-order valence-electron chi connectivity index (χ2n) is 4.23. The van der Waals surface area contributed by atoms with Crippen LogP contribution in [0.5, 0.6) is 0 Å². The molecule has 1 N–H and O–H groups in total. The maximum absolute atomic E-state index is 10.2. The molecule has 1 fully saturated rings. The van der Waals surface area contributed by atoms with Gasteiger partial charge in [-0.25, -0.2) is 0 Å². The average Bonchev–Trinajstić information content (AvgIpc) is 2.58. The monoisotopic (exact) mass is 182 g/mol. The lowest BCUT2D eigenvalue weighted by Gasteiger charge is -2.19. The standard InChI is InChI=1S/C10H14O3/c1-9(2)6-10(11,7-13-9)8-4-3-5-12-8/h3-5,11H,6-7H2,1-2H3. The molecule has 1 atom stereocenters. The number of furan rings is 1. The zero-order valence-corrected chi connectivity index (χ0v) is 7.91. The predicted molar refractivity (Wildman–Crippen MR) is 47.3 cm³/mol. The first-order chi connectivity index (χ1) is 6.02. The molecule has 13 heavy (non-hydrogen) atoms. The summed E-state index contributed by atoms with van der Waals surface area (Å²) in [5, 5.41) is 10.2. The molecule has 1 unspecified atom stereocenters. The summed E-state index contributed by atoms with van der Waals surface area (Å²) in [7, 11) is 0. The van der Waals surface area contributed by atoms with Gasteiger partial charge in [0.15, 0.2) is 0 Å². The minimum atomic E-state index is -0.938. The molecule has 1 saturated heterocycles. The molecule has 0 aliphatic carbocycles. The van der Waals surface area contributed by atoms with Gasteiger partial charge in [-0.2, -0.15) is 0 Å². The van der Waals surface area contributed by atoms with Gasteiger partial charge in [0, 0.05) is 6.42 Å². The zero-order chi connectivity index (χ0) is 9.53. The minimum absolute atomic E-state index is 0.262. The van der Waals surface area contributed by atoms with Gasteiger partial charge in [-0.15, -0.1) is 0 Å². The Morgan fingerprint density at radius 3 is 2.69 bits per heavy atom. The third kappa shape index (κ3) is 1.49. The van der Waals surface area contributed by atoms with Gasteiger partial charge in [0.25, 0.3) is 0 Å². The van der Waals surface area contributed by atoms with Crippen LogP contribution < -0.4 is 0 Å². The normalized spacial score (nSPS) is 32.2. The van der Waals surface area contributed by atoms with Gasteiger partial charge in [0.05, 0.1) is 18.5 Å². The van der Waals surface area contributed by atoms with Gasteiger partial charge in [-0.1, -0.05) is 0 Å². The van der Waals surface area contributed by atoms with E-state index in [1.165, 1.54) is 0 Å². The predicted octanol–water partition coefficient (Wildman–Crippen LogP) is 1.67. The molecule has 0 amide bonds. The van der Waals surface area contributed by atoms with Crippen molar-refractivity contribution in [2.45, 2.75) is 31.5 Å². The van der Waals surface area contributed by atoms with E-state index in [-0.39, 0.29) is 5.60 Å². The van der Waals surface area contributed by atoms with Crippen molar-refractivity contribution in [2.75, 3.05) is 6.61 Å². The SMILES string of the molecule is CC1(C)CC(O)(c2ccco2)CO1. The molecule has 0 aromatic carbocycles. The Kier molecular flexibility index (Phi) is 1.75. The molecule has 3 heteroatoms. The summed E-state index contributed by atoms with van der Waals surface area (Å²) in [6.45, 7) is 4.25. The van der Waals surface area contributed by atoms with Gasteiger partial charge < -0.3 is 14.3 Å². The fraction of sp³-hybridized carbons (Fsp3) is 0.600. The first-order valence-electron chi connectivity index (χ1n) is 4.42. The molecule has 1 aromatic heterocycles. The summed E-state index contributed by atoms with van der Waals surface area (Å²) in [6, 6.07) is 3.56. The van der Waals surface area contributed by atoms with E-state index in [0.717, 1.165) is 0 Å². The first-order valence-corrected chi connectivity index (χ1v) is 4.42. The molecular weight excluding hydrogens is 168 g/mol. The minimum Gasteiger partial charge on any atom is -0.466 e. The van der Waals surface area contributed by atoms with Crippen LogP contribution >= 0.6 is 0 Å². The molecule has 3 nitrogen and oxygen atoms in total. The fourth-order valence-corrected chi connectivity index (χ4v) is 1.82. The van der Waals surface area contributed by atoms with Crippen LogP contribution in [0.3, 0.4) is 0 Å². The van der Waals surface area contributed by atoms with Crippen LogP contribution in [-0.2, 0) is 10.3 Å². The van der Waals surface area contributed by atoms with Crippen molar-refractivity contribution >= 4 is 0 Å². The van der Waals surface area contributed by atoms with Crippen molar-refractivity contribution in [3.63, 3.8) is 0 Å².